The SMILES string of the molecule is CN(C)CCNS(=O)(=O)c1ccc(N2CCc3ccccc3C2)c([N+](=O)[O-])c1. The molecule has 150 valence electrons. The van der Waals surface area contributed by atoms with Gasteiger partial charge in [0.05, 0.1) is 9.82 Å². The highest BCUT2D eigenvalue weighted by Crippen LogP contribution is 2.33. The number of nitrogens with zero attached hydrogens (tertiary/aromatic N) is 3. The molecule has 1 N–H and O–H groups in total. The van der Waals surface area contributed by atoms with E-state index in [2.05, 4.69) is 10.8 Å². The van der Waals surface area contributed by atoms with Crippen LogP contribution in [0.2, 0.25) is 0 Å². The van der Waals surface area contributed by atoms with Gasteiger partial charge < -0.3 is 9.80 Å². The first-order valence-corrected chi connectivity index (χ1v) is 10.5. The van der Waals surface area contributed by atoms with Crippen LogP contribution in [0.25, 0.3) is 0 Å². The van der Waals surface area contributed by atoms with E-state index in [0.717, 1.165) is 18.1 Å². The number of benzene rings is 2. The minimum Gasteiger partial charge on any atom is -0.361 e. The zero-order valence-electron chi connectivity index (χ0n) is 16.0. The molecule has 0 bridgehead atoms. The number of fused-ring (bicyclic) bond motifs is 1. The van der Waals surface area contributed by atoms with Crippen molar-refractivity contribution in [3.05, 3.63) is 63.7 Å². The molecule has 0 unspecified atom stereocenters. The fourth-order valence-corrected chi connectivity index (χ4v) is 4.31. The van der Waals surface area contributed by atoms with E-state index in [4.69, 9.17) is 0 Å². The van der Waals surface area contributed by atoms with Gasteiger partial charge in [-0.05, 0) is 43.8 Å². The Morgan fingerprint density at radius 2 is 1.89 bits per heavy atom. The van der Waals surface area contributed by atoms with Crippen LogP contribution >= 0.6 is 0 Å². The highest BCUT2D eigenvalue weighted by molar-refractivity contribution is 7.89. The molecule has 3 rings (SSSR count). The van der Waals surface area contributed by atoms with Gasteiger partial charge in [-0.25, -0.2) is 13.1 Å². The fraction of sp³-hybridized carbons (Fsp3) is 0.368. The van der Waals surface area contributed by atoms with Crippen LogP contribution in [-0.4, -0.2) is 52.0 Å². The van der Waals surface area contributed by atoms with E-state index in [-0.39, 0.29) is 17.1 Å². The van der Waals surface area contributed by atoms with Crippen molar-refractivity contribution >= 4 is 21.4 Å². The monoisotopic (exact) mass is 404 g/mol. The van der Waals surface area contributed by atoms with Gasteiger partial charge in [0.25, 0.3) is 5.69 Å². The quantitative estimate of drug-likeness (QED) is 0.560. The lowest BCUT2D eigenvalue weighted by atomic mass is 9.99. The third kappa shape index (κ3) is 4.49. The van der Waals surface area contributed by atoms with Crippen molar-refractivity contribution in [2.24, 2.45) is 0 Å². The highest BCUT2D eigenvalue weighted by Gasteiger charge is 2.26. The van der Waals surface area contributed by atoms with E-state index in [1.165, 1.54) is 17.7 Å². The molecule has 28 heavy (non-hydrogen) atoms. The zero-order chi connectivity index (χ0) is 20.3. The van der Waals surface area contributed by atoms with Gasteiger partial charge in [0.1, 0.15) is 5.69 Å². The molecule has 2 aromatic carbocycles. The maximum absolute atomic E-state index is 12.5. The molecular formula is C19H24N4O4S. The smallest absolute Gasteiger partial charge is 0.293 e. The molecule has 2 aromatic rings. The van der Waals surface area contributed by atoms with Gasteiger partial charge in [-0.1, -0.05) is 24.3 Å². The number of likely N-dealkylation sites (N-methyl/N-ethyl adjacent to an activating group) is 1. The molecule has 9 heteroatoms. The van der Waals surface area contributed by atoms with Crippen LogP contribution in [0.1, 0.15) is 11.1 Å². The summed E-state index contributed by atoms with van der Waals surface area (Å²) in [4.78, 5) is 14.8. The molecular weight excluding hydrogens is 380 g/mol. The van der Waals surface area contributed by atoms with Crippen LogP contribution in [0.4, 0.5) is 11.4 Å². The molecule has 1 heterocycles. The van der Waals surface area contributed by atoms with E-state index in [1.807, 2.05) is 42.1 Å². The standard InChI is InChI=1S/C19H24N4O4S/c1-21(2)12-10-20-28(26,27)17-7-8-18(19(13-17)23(24)25)22-11-9-15-5-3-4-6-16(15)14-22/h3-8,13,20H,9-12,14H2,1-2H3. The molecule has 0 aromatic heterocycles. The largest absolute Gasteiger partial charge is 0.361 e. The second-order valence-electron chi connectivity index (χ2n) is 7.05. The van der Waals surface area contributed by atoms with Crippen molar-refractivity contribution in [2.45, 2.75) is 17.9 Å². The molecule has 0 aliphatic carbocycles. The van der Waals surface area contributed by atoms with Crippen LogP contribution in [-0.2, 0) is 23.0 Å². The fourth-order valence-electron chi connectivity index (χ4n) is 3.27. The molecule has 0 saturated carbocycles. The second-order valence-corrected chi connectivity index (χ2v) is 8.82. The number of nitrogens with one attached hydrogen (secondary N) is 1. The number of rotatable bonds is 7. The summed E-state index contributed by atoms with van der Waals surface area (Å²) >= 11 is 0. The average Bonchev–Trinajstić information content (AvgIpc) is 2.66. The summed E-state index contributed by atoms with van der Waals surface area (Å²) in [6.45, 7) is 1.97. The Kier molecular flexibility index (Phi) is 5.97. The first-order chi connectivity index (χ1) is 13.3. The van der Waals surface area contributed by atoms with E-state index in [9.17, 15) is 18.5 Å². The molecule has 0 atom stereocenters. The Labute approximate surface area is 165 Å². The second kappa shape index (κ2) is 8.26. The summed E-state index contributed by atoms with van der Waals surface area (Å²) in [6.07, 6.45) is 0.791. The summed E-state index contributed by atoms with van der Waals surface area (Å²) in [5.74, 6) is 0. The number of anilines is 1. The number of nitro benzene ring substituents is 1. The van der Waals surface area contributed by atoms with Crippen molar-refractivity contribution in [2.75, 3.05) is 38.6 Å². The number of nitro groups is 1. The predicted octanol–water partition coefficient (Wildman–Crippen LogP) is 2.00. The molecule has 1 aliphatic rings. The maximum atomic E-state index is 12.5. The van der Waals surface area contributed by atoms with Gasteiger partial charge in [0.15, 0.2) is 0 Å². The summed E-state index contributed by atoms with van der Waals surface area (Å²) in [6, 6.07) is 12.1. The van der Waals surface area contributed by atoms with Gasteiger partial charge in [-0.2, -0.15) is 0 Å². The highest BCUT2D eigenvalue weighted by atomic mass is 32.2. The Morgan fingerprint density at radius 3 is 2.57 bits per heavy atom. The molecule has 0 spiro atoms. The van der Waals surface area contributed by atoms with Crippen molar-refractivity contribution in [1.29, 1.82) is 0 Å². The average molecular weight is 404 g/mol. The normalized spacial score (nSPS) is 14.2. The zero-order valence-corrected chi connectivity index (χ0v) is 16.8. The molecule has 8 nitrogen and oxygen atoms in total. The Hall–Kier alpha value is -2.49. The molecule has 0 saturated heterocycles. The Bertz CT molecular complexity index is 976. The third-order valence-corrected chi connectivity index (χ3v) is 6.24. The van der Waals surface area contributed by atoms with Crippen molar-refractivity contribution in [3.63, 3.8) is 0 Å². The van der Waals surface area contributed by atoms with Gasteiger partial charge >= 0.3 is 0 Å². The molecule has 0 amide bonds. The summed E-state index contributed by atoms with van der Waals surface area (Å²) < 4.78 is 27.4. The lowest BCUT2D eigenvalue weighted by Gasteiger charge is -2.30. The van der Waals surface area contributed by atoms with Gasteiger partial charge in [-0.15, -0.1) is 0 Å². The van der Waals surface area contributed by atoms with Gasteiger partial charge in [0, 0.05) is 32.2 Å². The molecule has 0 radical (unpaired) electrons. The van der Waals surface area contributed by atoms with Crippen molar-refractivity contribution in [3.8, 4) is 0 Å². The lowest BCUT2D eigenvalue weighted by molar-refractivity contribution is -0.384. The van der Waals surface area contributed by atoms with E-state index >= 15 is 0 Å². The third-order valence-electron chi connectivity index (χ3n) is 4.78. The Balaban J connectivity index is 1.87. The summed E-state index contributed by atoms with van der Waals surface area (Å²) in [7, 11) is -0.132. The number of sulfonamides is 1. The minimum absolute atomic E-state index is 0.0980. The van der Waals surface area contributed by atoms with Crippen molar-refractivity contribution < 1.29 is 13.3 Å². The number of hydrogen-bond acceptors (Lipinski definition) is 6. The predicted molar refractivity (Wildman–Crippen MR) is 108 cm³/mol. The summed E-state index contributed by atoms with van der Waals surface area (Å²) in [5.41, 5.74) is 2.61. The topological polar surface area (TPSA) is 95.8 Å². The van der Waals surface area contributed by atoms with Crippen LogP contribution in [0.5, 0.6) is 0 Å². The molecule has 1 aliphatic heterocycles. The molecule has 0 fully saturated rings. The van der Waals surface area contributed by atoms with Crippen LogP contribution in [0.15, 0.2) is 47.4 Å². The van der Waals surface area contributed by atoms with Gasteiger partial charge in [-0.3, -0.25) is 10.1 Å². The lowest BCUT2D eigenvalue weighted by Crippen LogP contribution is -2.32. The van der Waals surface area contributed by atoms with E-state index in [0.29, 0.717) is 25.3 Å². The van der Waals surface area contributed by atoms with Crippen LogP contribution in [0.3, 0.4) is 0 Å². The van der Waals surface area contributed by atoms with Crippen LogP contribution < -0.4 is 9.62 Å². The maximum Gasteiger partial charge on any atom is 0.293 e. The first kappa shape index (κ1) is 20.2. The van der Waals surface area contributed by atoms with E-state index in [1.54, 1.807) is 0 Å². The Morgan fingerprint density at radius 1 is 1.18 bits per heavy atom. The minimum atomic E-state index is -3.81. The first-order valence-electron chi connectivity index (χ1n) is 9.02. The van der Waals surface area contributed by atoms with E-state index < -0.39 is 14.9 Å². The van der Waals surface area contributed by atoms with Gasteiger partial charge in [0.2, 0.25) is 10.0 Å². The van der Waals surface area contributed by atoms with Crippen molar-refractivity contribution in [1.82, 2.24) is 9.62 Å². The van der Waals surface area contributed by atoms with Crippen LogP contribution in [0, 0.1) is 10.1 Å². The summed E-state index contributed by atoms with van der Waals surface area (Å²) in [5, 5.41) is 11.6. The number of hydrogen-bond donors (Lipinski definition) is 1.